The first kappa shape index (κ1) is 27.6. The van der Waals surface area contributed by atoms with Crippen molar-refractivity contribution in [2.45, 2.75) is 39.5 Å². The standard InChI is InChI=1S/C16H14F3NO3.C5H9NO.C2H5N/c1-3-11-9-22-20-15(21)14(11)8-10(2)12-4-6-13(7-5-12)23-16(17,18)19;6-5(7)3-4-1-2-4;1-2-3/h3-8H,2,9H2,1H3,(H,20,21);4H,1-3H2,(H2,6,7);2-3H,1H3/b11-3-,14-8+;;. The molecule has 1 aromatic rings. The van der Waals surface area contributed by atoms with Crippen molar-refractivity contribution in [2.75, 3.05) is 6.61 Å². The first-order valence-electron chi connectivity index (χ1n) is 10.1. The summed E-state index contributed by atoms with van der Waals surface area (Å²) in [5.41, 5.74) is 9.30. The number of hydroxylamine groups is 1. The fourth-order valence-corrected chi connectivity index (χ4v) is 2.59. The lowest BCUT2D eigenvalue weighted by Crippen LogP contribution is -2.33. The molecule has 2 fully saturated rings. The van der Waals surface area contributed by atoms with Crippen LogP contribution in [-0.2, 0) is 14.4 Å². The average molecular weight is 467 g/mol. The Morgan fingerprint density at radius 2 is 1.88 bits per heavy atom. The van der Waals surface area contributed by atoms with Gasteiger partial charge in [-0.05, 0) is 73.7 Å². The topological polar surface area (TPSA) is 114 Å². The quantitative estimate of drug-likeness (QED) is 0.438. The van der Waals surface area contributed by atoms with Crippen LogP contribution in [0.15, 0.2) is 54.1 Å². The van der Waals surface area contributed by atoms with E-state index in [0.717, 1.165) is 0 Å². The SMILES string of the molecule is C=C(/C=C1/C(=O)NOC/C1=C/C)c1ccc(OC(F)(F)F)cc1.CC=N.NC(=O)CC1CC1. The number of nitrogens with one attached hydrogen (secondary N) is 2. The Balaban J connectivity index is 0.000000451. The number of rotatable bonds is 5. The summed E-state index contributed by atoms with van der Waals surface area (Å²) in [5.74, 6) is -0.220. The predicted molar refractivity (Wildman–Crippen MR) is 119 cm³/mol. The van der Waals surface area contributed by atoms with Crippen molar-refractivity contribution in [1.29, 1.82) is 5.41 Å². The van der Waals surface area contributed by atoms with Gasteiger partial charge in [0.1, 0.15) is 12.4 Å². The molecule has 180 valence electrons. The lowest BCUT2D eigenvalue weighted by Gasteiger charge is -2.18. The fraction of sp³-hybridized carbons (Fsp3) is 0.348. The number of alkyl halides is 3. The van der Waals surface area contributed by atoms with Crippen LogP contribution in [0, 0.1) is 11.3 Å². The summed E-state index contributed by atoms with van der Waals surface area (Å²) in [5, 5.41) is 6.08. The summed E-state index contributed by atoms with van der Waals surface area (Å²) >= 11 is 0. The molecule has 33 heavy (non-hydrogen) atoms. The number of ether oxygens (including phenoxy) is 1. The van der Waals surface area contributed by atoms with Crippen molar-refractivity contribution in [2.24, 2.45) is 11.7 Å². The van der Waals surface area contributed by atoms with E-state index in [-0.39, 0.29) is 18.3 Å². The van der Waals surface area contributed by atoms with E-state index in [1.807, 2.05) is 0 Å². The number of nitrogens with two attached hydrogens (primary N) is 1. The van der Waals surface area contributed by atoms with Crippen molar-refractivity contribution < 1.29 is 32.3 Å². The molecule has 1 aromatic carbocycles. The van der Waals surface area contributed by atoms with Crippen molar-refractivity contribution >= 4 is 23.6 Å². The van der Waals surface area contributed by atoms with Crippen LogP contribution in [0.25, 0.3) is 5.57 Å². The highest BCUT2D eigenvalue weighted by atomic mass is 19.4. The Morgan fingerprint density at radius 3 is 2.30 bits per heavy atom. The van der Waals surface area contributed by atoms with Crippen molar-refractivity contribution in [1.82, 2.24) is 5.48 Å². The molecule has 0 bridgehead atoms. The molecule has 1 saturated heterocycles. The molecule has 0 spiro atoms. The lowest BCUT2D eigenvalue weighted by atomic mass is 9.99. The molecule has 0 unspecified atom stereocenters. The fourth-order valence-electron chi connectivity index (χ4n) is 2.59. The summed E-state index contributed by atoms with van der Waals surface area (Å²) in [6, 6.07) is 5.25. The van der Waals surface area contributed by atoms with Gasteiger partial charge in [0.25, 0.3) is 5.91 Å². The minimum Gasteiger partial charge on any atom is -0.406 e. The summed E-state index contributed by atoms with van der Waals surface area (Å²) < 4.78 is 40.2. The second kappa shape index (κ2) is 13.2. The third kappa shape index (κ3) is 11.2. The van der Waals surface area contributed by atoms with Crippen molar-refractivity contribution in [3.63, 3.8) is 0 Å². The number of benzene rings is 1. The zero-order chi connectivity index (χ0) is 25.0. The Labute approximate surface area is 190 Å². The number of halogens is 3. The summed E-state index contributed by atoms with van der Waals surface area (Å²) in [7, 11) is 0. The van der Waals surface area contributed by atoms with Gasteiger partial charge >= 0.3 is 6.36 Å². The summed E-state index contributed by atoms with van der Waals surface area (Å²) in [6.45, 7) is 7.52. The number of hydrogen-bond donors (Lipinski definition) is 3. The van der Waals surface area contributed by atoms with Gasteiger partial charge in [0.15, 0.2) is 0 Å². The van der Waals surface area contributed by atoms with Crippen LogP contribution < -0.4 is 16.0 Å². The molecule has 3 rings (SSSR count). The van der Waals surface area contributed by atoms with Crippen LogP contribution in [0.4, 0.5) is 13.2 Å². The Kier molecular flexibility index (Phi) is 11.1. The van der Waals surface area contributed by atoms with Gasteiger partial charge < -0.3 is 15.9 Å². The molecule has 0 radical (unpaired) electrons. The van der Waals surface area contributed by atoms with Crippen molar-refractivity contribution in [3.8, 4) is 5.75 Å². The van der Waals surface area contributed by atoms with Crippen LogP contribution in [0.5, 0.6) is 5.75 Å². The zero-order valence-electron chi connectivity index (χ0n) is 18.5. The van der Waals surface area contributed by atoms with E-state index >= 15 is 0 Å². The smallest absolute Gasteiger partial charge is 0.406 e. The second-order valence-electron chi connectivity index (χ2n) is 7.09. The second-order valence-corrected chi connectivity index (χ2v) is 7.09. The Morgan fingerprint density at radius 1 is 1.30 bits per heavy atom. The zero-order valence-corrected chi connectivity index (χ0v) is 18.5. The number of carbonyl (C=O) groups excluding carboxylic acids is 2. The van der Waals surface area contributed by atoms with Crippen LogP contribution in [0.2, 0.25) is 0 Å². The lowest BCUT2D eigenvalue weighted by molar-refractivity contribution is -0.274. The molecule has 1 aliphatic heterocycles. The maximum Gasteiger partial charge on any atom is 0.573 e. The minimum atomic E-state index is -4.73. The molecule has 1 aliphatic carbocycles. The number of carbonyl (C=O) groups is 2. The average Bonchev–Trinajstić information content (AvgIpc) is 3.53. The van der Waals surface area contributed by atoms with Crippen molar-refractivity contribution in [3.05, 3.63) is 59.7 Å². The van der Waals surface area contributed by atoms with Crippen LogP contribution in [0.1, 0.15) is 38.7 Å². The molecule has 2 aliphatic rings. The van der Waals surface area contributed by atoms with Crippen LogP contribution >= 0.6 is 0 Å². The largest absolute Gasteiger partial charge is 0.573 e. The maximum atomic E-state index is 12.1. The van der Waals surface area contributed by atoms with E-state index in [1.165, 1.54) is 43.3 Å². The normalized spacial score (nSPS) is 17.7. The third-order valence-corrected chi connectivity index (χ3v) is 4.30. The highest BCUT2D eigenvalue weighted by Gasteiger charge is 2.31. The van der Waals surface area contributed by atoms with Gasteiger partial charge in [-0.1, -0.05) is 24.8 Å². The third-order valence-electron chi connectivity index (χ3n) is 4.30. The first-order valence-corrected chi connectivity index (χ1v) is 10.1. The van der Waals surface area contributed by atoms with E-state index in [1.54, 1.807) is 26.0 Å². The van der Waals surface area contributed by atoms with Crippen LogP contribution in [-0.4, -0.2) is 31.0 Å². The molecule has 7 nitrogen and oxygen atoms in total. The van der Waals surface area contributed by atoms with Gasteiger partial charge in [0, 0.05) is 12.0 Å². The number of amides is 2. The molecular formula is C23H28F3N3O4. The number of primary amides is 1. The van der Waals surface area contributed by atoms with E-state index < -0.39 is 12.3 Å². The highest BCUT2D eigenvalue weighted by molar-refractivity contribution is 6.00. The number of allylic oxidation sites excluding steroid dienone is 3. The highest BCUT2D eigenvalue weighted by Crippen LogP contribution is 2.31. The predicted octanol–water partition coefficient (Wildman–Crippen LogP) is 4.46. The maximum absolute atomic E-state index is 12.1. The molecule has 2 amide bonds. The Bertz CT molecular complexity index is 903. The van der Waals surface area contributed by atoms with Gasteiger partial charge in [-0.2, -0.15) is 0 Å². The number of hydrogen-bond acceptors (Lipinski definition) is 5. The summed E-state index contributed by atoms with van der Waals surface area (Å²) in [4.78, 5) is 26.8. The summed E-state index contributed by atoms with van der Waals surface area (Å²) in [6.07, 6.45) is 2.86. The minimum absolute atomic E-state index is 0.150. The van der Waals surface area contributed by atoms with Crippen LogP contribution in [0.3, 0.4) is 0 Å². The molecule has 0 aromatic heterocycles. The molecule has 10 heteroatoms. The Hall–Kier alpha value is -3.40. The van der Waals surface area contributed by atoms with E-state index in [9.17, 15) is 22.8 Å². The monoisotopic (exact) mass is 467 g/mol. The van der Waals surface area contributed by atoms with Gasteiger partial charge in [-0.15, -0.1) is 13.2 Å². The van der Waals surface area contributed by atoms with E-state index in [0.29, 0.717) is 34.6 Å². The van der Waals surface area contributed by atoms with Gasteiger partial charge in [0.2, 0.25) is 5.91 Å². The molecule has 1 saturated carbocycles. The van der Waals surface area contributed by atoms with Gasteiger partial charge in [-0.25, -0.2) is 5.48 Å². The van der Waals surface area contributed by atoms with E-state index in [4.69, 9.17) is 16.0 Å². The first-order chi connectivity index (χ1) is 15.5. The van der Waals surface area contributed by atoms with E-state index in [2.05, 4.69) is 16.8 Å². The molecule has 0 atom stereocenters. The van der Waals surface area contributed by atoms with Gasteiger partial charge in [-0.3, -0.25) is 14.4 Å². The van der Waals surface area contributed by atoms with Gasteiger partial charge in [0.05, 0.1) is 0 Å². The molecule has 4 N–H and O–H groups in total. The molecular weight excluding hydrogens is 439 g/mol. The molecule has 1 heterocycles.